The maximum Gasteiger partial charge on any atom is 0.258 e. The molecule has 4 rings (SSSR count). The van der Waals surface area contributed by atoms with E-state index in [4.69, 9.17) is 0 Å². The molecule has 0 unspecified atom stereocenters. The summed E-state index contributed by atoms with van der Waals surface area (Å²) < 4.78 is 2.82. The van der Waals surface area contributed by atoms with E-state index in [1.54, 1.807) is 6.20 Å². The van der Waals surface area contributed by atoms with E-state index in [0.717, 1.165) is 40.7 Å². The predicted octanol–water partition coefficient (Wildman–Crippen LogP) is 4.29. The quantitative estimate of drug-likeness (QED) is 0.663. The highest BCUT2D eigenvalue weighted by molar-refractivity contribution is 9.10. The van der Waals surface area contributed by atoms with Crippen molar-refractivity contribution in [1.82, 2.24) is 9.78 Å². The van der Waals surface area contributed by atoms with Crippen molar-refractivity contribution in [1.29, 1.82) is 0 Å². The zero-order valence-electron chi connectivity index (χ0n) is 13.7. The Hall–Kier alpha value is -2.40. The Morgan fingerprint density at radius 2 is 1.92 bits per heavy atom. The molecule has 0 spiro atoms. The van der Waals surface area contributed by atoms with Gasteiger partial charge in [0.25, 0.3) is 5.91 Å². The first kappa shape index (κ1) is 16.1. The molecule has 0 aliphatic carbocycles. The summed E-state index contributed by atoms with van der Waals surface area (Å²) in [5.41, 5.74) is 4.14. The fraction of sp³-hybridized carbons (Fsp3) is 0.200. The van der Waals surface area contributed by atoms with Gasteiger partial charge in [0.05, 0.1) is 17.2 Å². The van der Waals surface area contributed by atoms with Crippen molar-refractivity contribution in [3.8, 4) is 0 Å². The number of benzene rings is 2. The molecule has 5 heteroatoms. The van der Waals surface area contributed by atoms with Crippen molar-refractivity contribution in [3.05, 3.63) is 82.1 Å². The van der Waals surface area contributed by atoms with Crippen LogP contribution in [0, 0.1) is 0 Å². The SMILES string of the molecule is O=C(c1ccc(Cn2cc(Br)cn2)cc1)N1CCCc2ccccc21. The zero-order valence-corrected chi connectivity index (χ0v) is 15.3. The highest BCUT2D eigenvalue weighted by Gasteiger charge is 2.23. The summed E-state index contributed by atoms with van der Waals surface area (Å²) >= 11 is 3.40. The number of aryl methyl sites for hydroxylation is 1. The molecule has 0 radical (unpaired) electrons. The number of hydrogen-bond donors (Lipinski definition) is 0. The van der Waals surface area contributed by atoms with Crippen LogP contribution in [-0.4, -0.2) is 22.2 Å². The van der Waals surface area contributed by atoms with Gasteiger partial charge in [-0.25, -0.2) is 0 Å². The molecule has 3 aromatic rings. The highest BCUT2D eigenvalue weighted by atomic mass is 79.9. The molecule has 0 saturated carbocycles. The standard InChI is InChI=1S/C20H18BrN3O/c21-18-12-22-23(14-18)13-15-7-9-17(10-8-15)20(25)24-11-3-5-16-4-1-2-6-19(16)24/h1-2,4,6-10,12,14H,3,5,11,13H2. The Morgan fingerprint density at radius 3 is 2.68 bits per heavy atom. The lowest BCUT2D eigenvalue weighted by molar-refractivity contribution is 0.0985. The van der Waals surface area contributed by atoms with Crippen molar-refractivity contribution in [2.75, 3.05) is 11.4 Å². The monoisotopic (exact) mass is 395 g/mol. The molecule has 0 atom stereocenters. The number of carbonyl (C=O) groups is 1. The number of halogens is 1. The van der Waals surface area contributed by atoms with Gasteiger partial charge in [-0.15, -0.1) is 0 Å². The summed E-state index contributed by atoms with van der Waals surface area (Å²) in [5.74, 6) is 0.0699. The van der Waals surface area contributed by atoms with Gasteiger partial charge in [-0.3, -0.25) is 9.48 Å². The van der Waals surface area contributed by atoms with Crippen LogP contribution < -0.4 is 4.90 Å². The Morgan fingerprint density at radius 1 is 1.12 bits per heavy atom. The zero-order chi connectivity index (χ0) is 17.2. The Kier molecular flexibility index (Phi) is 4.40. The van der Waals surface area contributed by atoms with Crippen molar-refractivity contribution in [2.45, 2.75) is 19.4 Å². The van der Waals surface area contributed by atoms with Gasteiger partial charge in [0.1, 0.15) is 0 Å². The van der Waals surface area contributed by atoms with Gasteiger partial charge < -0.3 is 4.90 Å². The molecule has 0 bridgehead atoms. The summed E-state index contributed by atoms with van der Waals surface area (Å²) in [4.78, 5) is 14.8. The number of amides is 1. The molecule has 4 nitrogen and oxygen atoms in total. The molecule has 1 aliphatic heterocycles. The second kappa shape index (κ2) is 6.84. The maximum atomic E-state index is 12.9. The van der Waals surface area contributed by atoms with Gasteiger partial charge >= 0.3 is 0 Å². The summed E-state index contributed by atoms with van der Waals surface area (Å²) in [6.45, 7) is 1.46. The fourth-order valence-electron chi connectivity index (χ4n) is 3.27. The van der Waals surface area contributed by atoms with Gasteiger partial charge in [-0.1, -0.05) is 30.3 Å². The van der Waals surface area contributed by atoms with Crippen LogP contribution in [0.15, 0.2) is 65.4 Å². The number of rotatable bonds is 3. The molecule has 1 amide bonds. The molecule has 0 N–H and O–H groups in total. The first-order chi connectivity index (χ1) is 12.2. The van der Waals surface area contributed by atoms with Crippen molar-refractivity contribution in [2.24, 2.45) is 0 Å². The number of para-hydroxylation sites is 1. The first-order valence-corrected chi connectivity index (χ1v) is 9.17. The molecule has 25 heavy (non-hydrogen) atoms. The van der Waals surface area contributed by atoms with E-state index >= 15 is 0 Å². The molecular weight excluding hydrogens is 378 g/mol. The minimum atomic E-state index is 0.0699. The highest BCUT2D eigenvalue weighted by Crippen LogP contribution is 2.28. The number of hydrogen-bond acceptors (Lipinski definition) is 2. The molecule has 0 saturated heterocycles. The normalized spacial score (nSPS) is 13.6. The third kappa shape index (κ3) is 3.37. The van der Waals surface area contributed by atoms with E-state index in [1.165, 1.54) is 5.56 Å². The topological polar surface area (TPSA) is 38.1 Å². The molecule has 1 aliphatic rings. The number of aromatic nitrogens is 2. The molecule has 0 fully saturated rings. The van der Waals surface area contributed by atoms with Crippen molar-refractivity contribution >= 4 is 27.5 Å². The summed E-state index contributed by atoms with van der Waals surface area (Å²) in [6, 6.07) is 16.0. The predicted molar refractivity (Wildman–Crippen MR) is 102 cm³/mol. The third-order valence-electron chi connectivity index (χ3n) is 4.50. The smallest absolute Gasteiger partial charge is 0.258 e. The van der Waals surface area contributed by atoms with E-state index < -0.39 is 0 Å². The minimum absolute atomic E-state index is 0.0699. The van der Waals surface area contributed by atoms with Crippen LogP contribution in [0.2, 0.25) is 0 Å². The van der Waals surface area contributed by atoms with Crippen LogP contribution in [0.5, 0.6) is 0 Å². The maximum absolute atomic E-state index is 12.9. The number of anilines is 1. The Balaban J connectivity index is 1.53. The van der Waals surface area contributed by atoms with Gasteiger partial charge in [0.2, 0.25) is 0 Å². The van der Waals surface area contributed by atoms with Gasteiger partial charge in [0.15, 0.2) is 0 Å². The number of fused-ring (bicyclic) bond motifs is 1. The lowest BCUT2D eigenvalue weighted by Crippen LogP contribution is -2.35. The van der Waals surface area contributed by atoms with E-state index in [9.17, 15) is 4.79 Å². The van der Waals surface area contributed by atoms with Crippen LogP contribution >= 0.6 is 15.9 Å². The van der Waals surface area contributed by atoms with Crippen molar-refractivity contribution in [3.63, 3.8) is 0 Å². The van der Waals surface area contributed by atoms with E-state index in [0.29, 0.717) is 6.54 Å². The second-order valence-electron chi connectivity index (χ2n) is 6.24. The third-order valence-corrected chi connectivity index (χ3v) is 4.91. The summed E-state index contributed by atoms with van der Waals surface area (Å²) in [5, 5.41) is 4.26. The van der Waals surface area contributed by atoms with E-state index in [-0.39, 0.29) is 5.91 Å². The van der Waals surface area contributed by atoms with Gasteiger partial charge in [0, 0.05) is 24.0 Å². The molecule has 1 aromatic heterocycles. The van der Waals surface area contributed by atoms with Crippen LogP contribution in [0.1, 0.15) is 27.9 Å². The number of nitrogens with zero attached hydrogens (tertiary/aromatic N) is 3. The van der Waals surface area contributed by atoms with E-state index in [1.807, 2.05) is 58.2 Å². The van der Waals surface area contributed by atoms with Crippen LogP contribution in [0.25, 0.3) is 0 Å². The van der Waals surface area contributed by atoms with Gasteiger partial charge in [-0.2, -0.15) is 5.10 Å². The summed E-state index contributed by atoms with van der Waals surface area (Å²) in [7, 11) is 0. The van der Waals surface area contributed by atoms with Crippen LogP contribution in [-0.2, 0) is 13.0 Å². The number of carbonyl (C=O) groups excluding carboxylic acids is 1. The van der Waals surface area contributed by atoms with E-state index in [2.05, 4.69) is 27.1 Å². The fourth-order valence-corrected chi connectivity index (χ4v) is 3.59. The lowest BCUT2D eigenvalue weighted by atomic mass is 10.0. The van der Waals surface area contributed by atoms with Crippen LogP contribution in [0.4, 0.5) is 5.69 Å². The van der Waals surface area contributed by atoms with Crippen LogP contribution in [0.3, 0.4) is 0 Å². The summed E-state index contributed by atoms with van der Waals surface area (Å²) in [6.07, 6.45) is 5.75. The average molecular weight is 396 g/mol. The molecule has 126 valence electrons. The van der Waals surface area contributed by atoms with Crippen molar-refractivity contribution < 1.29 is 4.79 Å². The minimum Gasteiger partial charge on any atom is -0.308 e. The Labute approximate surface area is 155 Å². The van der Waals surface area contributed by atoms with Gasteiger partial charge in [-0.05, 0) is 58.1 Å². The Bertz CT molecular complexity index is 901. The first-order valence-electron chi connectivity index (χ1n) is 8.37. The second-order valence-corrected chi connectivity index (χ2v) is 7.16. The molecule has 2 heterocycles. The largest absolute Gasteiger partial charge is 0.308 e. The lowest BCUT2D eigenvalue weighted by Gasteiger charge is -2.29. The average Bonchev–Trinajstić information content (AvgIpc) is 3.06. The molecule has 2 aromatic carbocycles. The molecular formula is C20H18BrN3O.